The number of aromatic nitrogens is 3. The van der Waals surface area contributed by atoms with Crippen LogP contribution in [0.3, 0.4) is 0 Å². The fourth-order valence-corrected chi connectivity index (χ4v) is 3.96. The average molecular weight is 403 g/mol. The molecule has 7 nitrogen and oxygen atoms in total. The van der Waals surface area contributed by atoms with Crippen molar-refractivity contribution in [3.63, 3.8) is 0 Å². The van der Waals surface area contributed by atoms with Crippen LogP contribution in [0.15, 0.2) is 54.9 Å². The molecule has 2 N–H and O–H groups in total. The number of benzene rings is 2. The van der Waals surface area contributed by atoms with Crippen LogP contribution in [0.25, 0.3) is 27.8 Å². The second-order valence-corrected chi connectivity index (χ2v) is 7.65. The molecule has 30 heavy (non-hydrogen) atoms. The highest BCUT2D eigenvalue weighted by molar-refractivity contribution is 5.84. The molecular formula is C23H25N5O2. The third-order valence-corrected chi connectivity index (χ3v) is 5.57. The molecule has 2 aromatic heterocycles. The molecule has 1 aliphatic rings. The van der Waals surface area contributed by atoms with E-state index in [1.807, 2.05) is 28.8 Å². The largest absolute Gasteiger partial charge is 0.491 e. The number of nitrogens with zero attached hydrogens (tertiary/aromatic N) is 4. The summed E-state index contributed by atoms with van der Waals surface area (Å²) in [5.74, 6) is 1.62. The number of pyridine rings is 1. The van der Waals surface area contributed by atoms with E-state index in [-0.39, 0.29) is 6.04 Å². The van der Waals surface area contributed by atoms with Crippen molar-refractivity contribution in [2.75, 3.05) is 38.3 Å². The van der Waals surface area contributed by atoms with Gasteiger partial charge in [-0.05, 0) is 48.9 Å². The lowest BCUT2D eigenvalue weighted by atomic mass is 10.2. The zero-order chi connectivity index (χ0) is 20.5. The molecule has 1 aliphatic heterocycles. The molecule has 5 rings (SSSR count). The van der Waals surface area contributed by atoms with Gasteiger partial charge in [-0.1, -0.05) is 0 Å². The Labute approximate surface area is 175 Å². The number of hydrogen-bond donors (Lipinski definition) is 1. The third-order valence-electron chi connectivity index (χ3n) is 5.57. The van der Waals surface area contributed by atoms with Gasteiger partial charge in [0.05, 0.1) is 23.2 Å². The molecule has 1 atom stereocenters. The van der Waals surface area contributed by atoms with Crippen LogP contribution in [0.2, 0.25) is 0 Å². The first-order chi connectivity index (χ1) is 14.7. The Hall–Kier alpha value is -3.16. The minimum atomic E-state index is 0.265. The summed E-state index contributed by atoms with van der Waals surface area (Å²) in [5, 5.41) is 1.12. The minimum Gasteiger partial charge on any atom is -0.491 e. The number of anilines is 1. The lowest BCUT2D eigenvalue weighted by Gasteiger charge is -2.18. The summed E-state index contributed by atoms with van der Waals surface area (Å²) in [6.07, 6.45) is 2.85. The fraction of sp³-hybridized carbons (Fsp3) is 0.304. The molecule has 0 saturated carbocycles. The van der Waals surface area contributed by atoms with E-state index >= 15 is 0 Å². The van der Waals surface area contributed by atoms with E-state index in [0.717, 1.165) is 53.0 Å². The van der Waals surface area contributed by atoms with Gasteiger partial charge in [-0.25, -0.2) is 9.97 Å². The molecular weight excluding hydrogens is 378 g/mol. The number of fused-ring (bicyclic) bond motifs is 2. The highest BCUT2D eigenvalue weighted by Gasteiger charge is 2.19. The van der Waals surface area contributed by atoms with Crippen molar-refractivity contribution < 1.29 is 9.47 Å². The van der Waals surface area contributed by atoms with Crippen LogP contribution in [0.4, 0.5) is 5.69 Å². The monoisotopic (exact) mass is 403 g/mol. The Morgan fingerprint density at radius 2 is 2.00 bits per heavy atom. The first kappa shape index (κ1) is 18.8. The van der Waals surface area contributed by atoms with Gasteiger partial charge in [0.15, 0.2) is 0 Å². The predicted octanol–water partition coefficient (Wildman–Crippen LogP) is 3.14. The zero-order valence-corrected chi connectivity index (χ0v) is 17.0. The highest BCUT2D eigenvalue weighted by atomic mass is 16.5. The summed E-state index contributed by atoms with van der Waals surface area (Å²) in [6, 6.07) is 16.7. The van der Waals surface area contributed by atoms with Gasteiger partial charge in [-0.15, -0.1) is 0 Å². The van der Waals surface area contributed by atoms with Crippen LogP contribution < -0.4 is 15.4 Å². The molecule has 0 amide bonds. The lowest BCUT2D eigenvalue weighted by Crippen LogP contribution is -2.26. The van der Waals surface area contributed by atoms with Gasteiger partial charge in [0.2, 0.25) is 0 Å². The van der Waals surface area contributed by atoms with Crippen LogP contribution in [0.5, 0.6) is 5.75 Å². The van der Waals surface area contributed by atoms with Crippen molar-refractivity contribution in [3.8, 4) is 11.6 Å². The minimum absolute atomic E-state index is 0.265. The van der Waals surface area contributed by atoms with Crippen LogP contribution in [-0.4, -0.2) is 54.0 Å². The SMILES string of the molecule is COCCOc1ccc2c(c1)ncn2-c1ccc2cc(N3CC[C@H](N)C3)ccc2n1. The molecule has 0 aliphatic carbocycles. The summed E-state index contributed by atoms with van der Waals surface area (Å²) in [7, 11) is 1.66. The maximum absolute atomic E-state index is 6.06. The van der Waals surface area contributed by atoms with Crippen molar-refractivity contribution in [1.82, 2.24) is 14.5 Å². The summed E-state index contributed by atoms with van der Waals surface area (Å²) >= 11 is 0. The van der Waals surface area contributed by atoms with Gasteiger partial charge in [-0.3, -0.25) is 4.57 Å². The molecule has 0 spiro atoms. The Bertz CT molecular complexity index is 1190. The Morgan fingerprint density at radius 3 is 2.83 bits per heavy atom. The standard InChI is InChI=1S/C23H25N5O2/c1-29-10-11-30-19-4-6-22-21(13-19)25-15-28(22)23-7-2-16-12-18(3-5-20(16)26-23)27-9-8-17(24)14-27/h2-7,12-13,15,17H,8-11,14,24H2,1H3/t17-/m0/s1. The molecule has 2 aromatic carbocycles. The van der Waals surface area contributed by atoms with Gasteiger partial charge >= 0.3 is 0 Å². The van der Waals surface area contributed by atoms with Crippen molar-refractivity contribution >= 4 is 27.6 Å². The fourth-order valence-electron chi connectivity index (χ4n) is 3.96. The normalized spacial score (nSPS) is 16.6. The van der Waals surface area contributed by atoms with Crippen LogP contribution in [0, 0.1) is 0 Å². The van der Waals surface area contributed by atoms with E-state index < -0.39 is 0 Å². The van der Waals surface area contributed by atoms with Crippen molar-refractivity contribution in [2.24, 2.45) is 5.73 Å². The number of methoxy groups -OCH3 is 1. The number of rotatable bonds is 6. The summed E-state index contributed by atoms with van der Waals surface area (Å²) < 4.78 is 12.7. The van der Waals surface area contributed by atoms with Crippen LogP contribution in [-0.2, 0) is 4.74 Å². The second kappa shape index (κ2) is 7.93. The van der Waals surface area contributed by atoms with Crippen molar-refractivity contribution in [3.05, 3.63) is 54.9 Å². The molecule has 0 radical (unpaired) electrons. The second-order valence-electron chi connectivity index (χ2n) is 7.65. The third kappa shape index (κ3) is 3.58. The van der Waals surface area contributed by atoms with E-state index in [0.29, 0.717) is 13.2 Å². The van der Waals surface area contributed by atoms with E-state index in [1.165, 1.54) is 5.69 Å². The molecule has 1 fully saturated rings. The summed E-state index contributed by atoms with van der Waals surface area (Å²) in [6.45, 7) is 2.99. The lowest BCUT2D eigenvalue weighted by molar-refractivity contribution is 0.146. The quantitative estimate of drug-likeness (QED) is 0.499. The van der Waals surface area contributed by atoms with Crippen molar-refractivity contribution in [1.29, 1.82) is 0 Å². The van der Waals surface area contributed by atoms with Crippen LogP contribution >= 0.6 is 0 Å². The van der Waals surface area contributed by atoms with Gasteiger partial charge in [-0.2, -0.15) is 0 Å². The molecule has 4 aromatic rings. The van der Waals surface area contributed by atoms with Gasteiger partial charge < -0.3 is 20.1 Å². The van der Waals surface area contributed by atoms with Crippen molar-refractivity contribution in [2.45, 2.75) is 12.5 Å². The van der Waals surface area contributed by atoms with Crippen LogP contribution in [0.1, 0.15) is 6.42 Å². The number of ether oxygens (including phenoxy) is 2. The maximum atomic E-state index is 6.06. The highest BCUT2D eigenvalue weighted by Crippen LogP contribution is 2.26. The molecule has 3 heterocycles. The first-order valence-corrected chi connectivity index (χ1v) is 10.2. The maximum Gasteiger partial charge on any atom is 0.139 e. The molecule has 0 bridgehead atoms. The molecule has 1 saturated heterocycles. The van der Waals surface area contributed by atoms with E-state index in [1.54, 1.807) is 13.4 Å². The topological polar surface area (TPSA) is 78.4 Å². The van der Waals surface area contributed by atoms with E-state index in [9.17, 15) is 0 Å². The Morgan fingerprint density at radius 1 is 1.07 bits per heavy atom. The average Bonchev–Trinajstić information content (AvgIpc) is 3.39. The van der Waals surface area contributed by atoms with E-state index in [4.69, 9.17) is 20.2 Å². The Balaban J connectivity index is 1.43. The number of imidazole rings is 1. The van der Waals surface area contributed by atoms with Gasteiger partial charge in [0.25, 0.3) is 0 Å². The Kier molecular flexibility index (Phi) is 4.98. The van der Waals surface area contributed by atoms with E-state index in [2.05, 4.69) is 34.1 Å². The first-order valence-electron chi connectivity index (χ1n) is 10.2. The smallest absolute Gasteiger partial charge is 0.139 e. The molecule has 7 heteroatoms. The van der Waals surface area contributed by atoms with Gasteiger partial charge in [0.1, 0.15) is 24.5 Å². The summed E-state index contributed by atoms with van der Waals surface area (Å²) in [5.41, 5.74) is 10.1. The zero-order valence-electron chi connectivity index (χ0n) is 17.0. The predicted molar refractivity (Wildman–Crippen MR) is 119 cm³/mol. The molecule has 154 valence electrons. The van der Waals surface area contributed by atoms with Gasteiger partial charge in [0, 0.05) is 43.4 Å². The molecule has 0 unspecified atom stereocenters. The summed E-state index contributed by atoms with van der Waals surface area (Å²) in [4.78, 5) is 11.7. The number of hydrogen-bond acceptors (Lipinski definition) is 6. The number of nitrogens with two attached hydrogens (primary N) is 1.